The highest BCUT2D eigenvalue weighted by molar-refractivity contribution is 6.07. The van der Waals surface area contributed by atoms with Gasteiger partial charge in [0.2, 0.25) is 0 Å². The molecule has 4 N–H and O–H groups in total. The van der Waals surface area contributed by atoms with Crippen LogP contribution in [0.5, 0.6) is 0 Å². The average molecular weight is 390 g/mol. The van der Waals surface area contributed by atoms with Crippen molar-refractivity contribution in [3.8, 4) is 0 Å². The molecule has 3 aromatic rings. The molecule has 0 radical (unpaired) electrons. The number of aromatic nitrogens is 2. The highest BCUT2D eigenvalue weighted by Crippen LogP contribution is 2.31. The molecule has 4 rings (SSSR count). The summed E-state index contributed by atoms with van der Waals surface area (Å²) < 4.78 is 0. The number of benzene rings is 2. The lowest BCUT2D eigenvalue weighted by atomic mass is 10.00. The molecule has 7 heteroatoms. The van der Waals surface area contributed by atoms with Crippen LogP contribution in [-0.4, -0.2) is 28.5 Å². The van der Waals surface area contributed by atoms with E-state index in [-0.39, 0.29) is 5.91 Å². The molecule has 29 heavy (non-hydrogen) atoms. The molecule has 1 aliphatic heterocycles. The maximum atomic E-state index is 12.8. The fraction of sp³-hybridized carbons (Fsp3) is 0.318. The van der Waals surface area contributed by atoms with Gasteiger partial charge in [-0.25, -0.2) is 9.97 Å². The zero-order valence-corrected chi connectivity index (χ0v) is 16.6. The van der Waals surface area contributed by atoms with Crippen LogP contribution >= 0.6 is 0 Å². The lowest BCUT2D eigenvalue weighted by Gasteiger charge is -2.36. The predicted octanol–water partition coefficient (Wildman–Crippen LogP) is 3.74. The Hall–Kier alpha value is -3.35. The van der Waals surface area contributed by atoms with E-state index in [1.165, 1.54) is 12.7 Å². The van der Waals surface area contributed by atoms with Crippen molar-refractivity contribution in [1.82, 2.24) is 15.4 Å². The minimum Gasteiger partial charge on any atom is -0.393 e. The molecule has 0 aliphatic carbocycles. The summed E-state index contributed by atoms with van der Waals surface area (Å²) >= 11 is 0. The normalized spacial score (nSPS) is 16.6. The molecule has 1 atom stereocenters. The van der Waals surface area contributed by atoms with E-state index in [9.17, 15) is 4.79 Å². The fourth-order valence-corrected chi connectivity index (χ4v) is 4.03. The monoisotopic (exact) mass is 390 g/mol. The molecule has 1 fully saturated rings. The highest BCUT2D eigenvalue weighted by atomic mass is 16.2. The Morgan fingerprint density at radius 3 is 2.86 bits per heavy atom. The topological polar surface area (TPSA) is 96.2 Å². The van der Waals surface area contributed by atoms with Gasteiger partial charge in [-0.2, -0.15) is 0 Å². The van der Waals surface area contributed by atoms with Gasteiger partial charge in [0.25, 0.3) is 5.91 Å². The van der Waals surface area contributed by atoms with Gasteiger partial charge < -0.3 is 10.6 Å². The lowest BCUT2D eigenvalue weighted by Crippen LogP contribution is -2.40. The maximum absolute atomic E-state index is 12.8. The van der Waals surface area contributed by atoms with Crippen molar-refractivity contribution in [2.45, 2.75) is 38.6 Å². The molecule has 150 valence electrons. The molecule has 0 bridgehead atoms. The van der Waals surface area contributed by atoms with Gasteiger partial charge >= 0.3 is 0 Å². The number of nitrogens with one attached hydrogen (secondary N) is 2. The Morgan fingerprint density at radius 2 is 2.00 bits per heavy atom. The number of carbonyl (C=O) groups is 1. The minimum atomic E-state index is -0.245. The first-order valence-electron chi connectivity index (χ1n) is 10.1. The molecule has 1 aliphatic rings. The number of nitrogen functional groups attached to an aromatic ring is 1. The van der Waals surface area contributed by atoms with Crippen molar-refractivity contribution in [3.05, 3.63) is 54.4 Å². The number of carbonyl (C=O) groups excluding carboxylic acids is 1. The van der Waals surface area contributed by atoms with Gasteiger partial charge in [-0.05, 0) is 42.5 Å². The van der Waals surface area contributed by atoms with Crippen LogP contribution in [0.2, 0.25) is 0 Å². The Bertz CT molecular complexity index is 1020. The van der Waals surface area contributed by atoms with Gasteiger partial charge in [0.1, 0.15) is 12.0 Å². The molecule has 1 unspecified atom stereocenters. The number of amides is 1. The van der Waals surface area contributed by atoms with E-state index in [2.05, 4.69) is 32.6 Å². The summed E-state index contributed by atoms with van der Waals surface area (Å²) in [7, 11) is 0. The van der Waals surface area contributed by atoms with Gasteiger partial charge in [-0.3, -0.25) is 15.6 Å². The quantitative estimate of drug-likeness (QED) is 0.575. The number of piperidine rings is 1. The number of nitrogens with zero attached hydrogens (tertiary/aromatic N) is 3. The van der Waals surface area contributed by atoms with E-state index in [4.69, 9.17) is 5.73 Å². The second-order valence-electron chi connectivity index (χ2n) is 7.32. The Kier molecular flexibility index (Phi) is 5.46. The Morgan fingerprint density at radius 1 is 1.17 bits per heavy atom. The zero-order chi connectivity index (χ0) is 20.2. The molecule has 2 heterocycles. The SMILES string of the molecule is CCC1CCCCN1c1ncnc(NNC(=O)c2cccc3ccccc23)c1N. The molecule has 1 aromatic heterocycles. The molecule has 2 aromatic carbocycles. The van der Waals surface area contributed by atoms with Gasteiger partial charge in [-0.15, -0.1) is 0 Å². The fourth-order valence-electron chi connectivity index (χ4n) is 4.03. The van der Waals surface area contributed by atoms with Gasteiger partial charge in [0.15, 0.2) is 11.6 Å². The zero-order valence-electron chi connectivity index (χ0n) is 16.6. The second kappa shape index (κ2) is 8.34. The van der Waals surface area contributed by atoms with Crippen LogP contribution in [-0.2, 0) is 0 Å². The van der Waals surface area contributed by atoms with Crippen LogP contribution in [0.4, 0.5) is 17.3 Å². The first-order valence-corrected chi connectivity index (χ1v) is 10.1. The van der Waals surface area contributed by atoms with Crippen molar-refractivity contribution >= 4 is 34.0 Å². The van der Waals surface area contributed by atoms with E-state index in [0.29, 0.717) is 23.1 Å². The van der Waals surface area contributed by atoms with Crippen LogP contribution in [0, 0.1) is 0 Å². The smallest absolute Gasteiger partial charge is 0.270 e. The maximum Gasteiger partial charge on any atom is 0.270 e. The van der Waals surface area contributed by atoms with Crippen molar-refractivity contribution in [1.29, 1.82) is 0 Å². The van der Waals surface area contributed by atoms with Crippen LogP contribution in [0.25, 0.3) is 10.8 Å². The summed E-state index contributed by atoms with van der Waals surface area (Å²) in [5.41, 5.74) is 13.0. The summed E-state index contributed by atoms with van der Waals surface area (Å²) in [6.07, 6.45) is 6.02. The third kappa shape index (κ3) is 3.81. The third-order valence-electron chi connectivity index (χ3n) is 5.56. The number of hydrogen-bond acceptors (Lipinski definition) is 6. The van der Waals surface area contributed by atoms with Crippen LogP contribution < -0.4 is 21.5 Å². The number of hydrazine groups is 1. The molecule has 1 amide bonds. The van der Waals surface area contributed by atoms with E-state index < -0.39 is 0 Å². The second-order valence-corrected chi connectivity index (χ2v) is 7.32. The number of nitrogens with two attached hydrogens (primary N) is 1. The van der Waals surface area contributed by atoms with Crippen molar-refractivity contribution < 1.29 is 4.79 Å². The van der Waals surface area contributed by atoms with Crippen LogP contribution in [0.15, 0.2) is 48.8 Å². The van der Waals surface area contributed by atoms with E-state index in [0.717, 1.165) is 42.4 Å². The molecule has 7 nitrogen and oxygen atoms in total. The predicted molar refractivity (Wildman–Crippen MR) is 117 cm³/mol. The molecular formula is C22H26N6O. The summed E-state index contributed by atoms with van der Waals surface area (Å²) in [5, 5.41) is 1.91. The third-order valence-corrected chi connectivity index (χ3v) is 5.56. The number of hydrogen-bond donors (Lipinski definition) is 3. The molecule has 0 saturated carbocycles. The van der Waals surface area contributed by atoms with Crippen molar-refractivity contribution in [2.75, 3.05) is 22.6 Å². The summed E-state index contributed by atoms with van der Waals surface area (Å²) in [4.78, 5) is 23.7. The Labute approximate surface area is 170 Å². The van der Waals surface area contributed by atoms with E-state index >= 15 is 0 Å². The molecule has 0 spiro atoms. The first kappa shape index (κ1) is 19.0. The van der Waals surface area contributed by atoms with Gasteiger partial charge in [0, 0.05) is 18.2 Å². The van der Waals surface area contributed by atoms with Crippen molar-refractivity contribution in [3.63, 3.8) is 0 Å². The van der Waals surface area contributed by atoms with Gasteiger partial charge in [-0.1, -0.05) is 43.3 Å². The molecular weight excluding hydrogens is 364 g/mol. The first-order chi connectivity index (χ1) is 14.2. The number of rotatable bonds is 5. The lowest BCUT2D eigenvalue weighted by molar-refractivity contribution is 0.0964. The standard InChI is InChI=1S/C22H26N6O/c1-2-16-10-5-6-13-28(16)21-19(23)20(24-14-25-21)26-27-22(29)18-12-7-9-15-8-3-4-11-17(15)18/h3-4,7-9,11-12,14,16H,2,5-6,10,13,23H2,1H3,(H,27,29)(H,24,25,26). The highest BCUT2D eigenvalue weighted by Gasteiger charge is 2.25. The van der Waals surface area contributed by atoms with E-state index in [1.807, 2.05) is 36.4 Å². The Balaban J connectivity index is 1.53. The summed E-state index contributed by atoms with van der Waals surface area (Å²) in [6, 6.07) is 13.9. The van der Waals surface area contributed by atoms with Gasteiger partial charge in [0.05, 0.1) is 0 Å². The number of anilines is 3. The largest absolute Gasteiger partial charge is 0.393 e. The minimum absolute atomic E-state index is 0.245. The van der Waals surface area contributed by atoms with Crippen molar-refractivity contribution in [2.24, 2.45) is 0 Å². The summed E-state index contributed by atoms with van der Waals surface area (Å²) in [6.45, 7) is 3.12. The number of fused-ring (bicyclic) bond motifs is 1. The molecule has 1 saturated heterocycles. The van der Waals surface area contributed by atoms with Crippen LogP contribution in [0.1, 0.15) is 43.0 Å². The average Bonchev–Trinajstić information content (AvgIpc) is 2.78. The van der Waals surface area contributed by atoms with Crippen LogP contribution in [0.3, 0.4) is 0 Å². The summed E-state index contributed by atoms with van der Waals surface area (Å²) in [5.74, 6) is 0.892. The van der Waals surface area contributed by atoms with E-state index in [1.54, 1.807) is 6.07 Å².